The molecule has 0 aromatic heterocycles. The number of morpholine rings is 1. The van der Waals surface area contributed by atoms with Gasteiger partial charge in [0.1, 0.15) is 0 Å². The summed E-state index contributed by atoms with van der Waals surface area (Å²) < 4.78 is 6.27. The van der Waals surface area contributed by atoms with Crippen LogP contribution in [-0.2, 0) is 4.74 Å². The molecule has 4 heteroatoms. The van der Waals surface area contributed by atoms with Crippen molar-refractivity contribution in [2.24, 2.45) is 0 Å². The topological polar surface area (TPSA) is 29.5 Å². The molecule has 0 spiro atoms. The first-order valence-electron chi connectivity index (χ1n) is 5.34. The molecule has 1 heterocycles. The average molecular weight is 284 g/mol. The summed E-state index contributed by atoms with van der Waals surface area (Å²) in [5, 5.41) is 0. The molecule has 1 aromatic carbocycles. The van der Waals surface area contributed by atoms with Crippen molar-refractivity contribution in [3.05, 3.63) is 34.3 Å². The minimum atomic E-state index is 0.0719. The molecule has 0 aliphatic carbocycles. The van der Waals surface area contributed by atoms with Gasteiger partial charge in [-0.25, -0.2) is 0 Å². The second-order valence-corrected chi connectivity index (χ2v) is 4.77. The third-order valence-corrected chi connectivity index (χ3v) is 3.32. The third-order valence-electron chi connectivity index (χ3n) is 2.63. The van der Waals surface area contributed by atoms with Crippen molar-refractivity contribution < 1.29 is 9.53 Å². The predicted octanol–water partition coefficient (Wildman–Crippen LogP) is 2.31. The quantitative estimate of drug-likeness (QED) is 0.792. The summed E-state index contributed by atoms with van der Waals surface area (Å²) in [6, 6.07) is 7.51. The van der Waals surface area contributed by atoms with Crippen LogP contribution in [0.15, 0.2) is 28.7 Å². The number of amides is 1. The number of carbonyl (C=O) groups excluding carboxylic acids is 1. The predicted molar refractivity (Wildman–Crippen MR) is 65.5 cm³/mol. The molecule has 1 amide bonds. The highest BCUT2D eigenvalue weighted by molar-refractivity contribution is 9.10. The highest BCUT2D eigenvalue weighted by atomic mass is 79.9. The summed E-state index contributed by atoms with van der Waals surface area (Å²) in [6.07, 6.45) is 0.125. The fourth-order valence-corrected chi connectivity index (χ4v) is 2.26. The van der Waals surface area contributed by atoms with E-state index in [0.717, 1.165) is 10.0 Å². The normalized spacial score (nSPS) is 20.9. The van der Waals surface area contributed by atoms with Gasteiger partial charge in [0.05, 0.1) is 18.3 Å². The zero-order valence-electron chi connectivity index (χ0n) is 9.15. The third kappa shape index (κ3) is 2.44. The van der Waals surface area contributed by atoms with Crippen LogP contribution in [0.4, 0.5) is 0 Å². The Labute approximate surface area is 104 Å². The second-order valence-electron chi connectivity index (χ2n) is 3.91. The highest BCUT2D eigenvalue weighted by Crippen LogP contribution is 2.19. The fraction of sp³-hybridized carbons (Fsp3) is 0.417. The average Bonchev–Trinajstić information content (AvgIpc) is 2.29. The van der Waals surface area contributed by atoms with E-state index in [0.29, 0.717) is 19.7 Å². The second kappa shape index (κ2) is 4.97. The summed E-state index contributed by atoms with van der Waals surface area (Å²) >= 11 is 3.40. The molecule has 0 unspecified atom stereocenters. The Morgan fingerprint density at radius 3 is 2.94 bits per heavy atom. The van der Waals surface area contributed by atoms with Crippen molar-refractivity contribution in [2.75, 3.05) is 19.7 Å². The monoisotopic (exact) mass is 283 g/mol. The molecule has 1 aliphatic heterocycles. The van der Waals surface area contributed by atoms with Crippen LogP contribution in [0.5, 0.6) is 0 Å². The number of halogens is 1. The SMILES string of the molecule is C[C@@H]1CN(C(=O)c2ccccc2Br)CCO1. The molecule has 3 nitrogen and oxygen atoms in total. The Morgan fingerprint density at radius 1 is 1.50 bits per heavy atom. The minimum absolute atomic E-state index is 0.0719. The van der Waals surface area contributed by atoms with Crippen molar-refractivity contribution in [3.63, 3.8) is 0 Å². The lowest BCUT2D eigenvalue weighted by atomic mass is 10.2. The van der Waals surface area contributed by atoms with Crippen LogP contribution in [0.3, 0.4) is 0 Å². The maximum absolute atomic E-state index is 12.2. The fourth-order valence-electron chi connectivity index (χ4n) is 1.81. The van der Waals surface area contributed by atoms with E-state index in [9.17, 15) is 4.79 Å². The Balaban J connectivity index is 2.16. The number of rotatable bonds is 1. The van der Waals surface area contributed by atoms with Crippen LogP contribution in [0.2, 0.25) is 0 Å². The molecule has 0 radical (unpaired) electrons. The molecular weight excluding hydrogens is 270 g/mol. The first-order chi connectivity index (χ1) is 7.68. The van der Waals surface area contributed by atoms with E-state index in [2.05, 4.69) is 15.9 Å². The van der Waals surface area contributed by atoms with Gasteiger partial charge in [0.15, 0.2) is 0 Å². The molecule has 0 N–H and O–H groups in total. The zero-order valence-corrected chi connectivity index (χ0v) is 10.7. The lowest BCUT2D eigenvalue weighted by Crippen LogP contribution is -2.44. The maximum atomic E-state index is 12.2. The standard InChI is InChI=1S/C12H14BrNO2/c1-9-8-14(6-7-16-9)12(15)10-4-2-3-5-11(10)13/h2-5,9H,6-8H2,1H3/t9-/m1/s1. The van der Waals surface area contributed by atoms with Crippen molar-refractivity contribution in [3.8, 4) is 0 Å². The first kappa shape index (κ1) is 11.6. The van der Waals surface area contributed by atoms with Gasteiger partial charge in [0.25, 0.3) is 5.91 Å². The number of ether oxygens (including phenoxy) is 1. The lowest BCUT2D eigenvalue weighted by molar-refractivity contribution is -0.0124. The van der Waals surface area contributed by atoms with Crippen molar-refractivity contribution in [1.82, 2.24) is 4.90 Å². The number of hydrogen-bond donors (Lipinski definition) is 0. The van der Waals surface area contributed by atoms with Crippen LogP contribution < -0.4 is 0 Å². The number of carbonyl (C=O) groups is 1. The molecule has 1 fully saturated rings. The summed E-state index contributed by atoms with van der Waals surface area (Å²) in [4.78, 5) is 14.0. The zero-order chi connectivity index (χ0) is 11.5. The molecule has 86 valence electrons. The number of nitrogens with zero attached hydrogens (tertiary/aromatic N) is 1. The van der Waals surface area contributed by atoms with E-state index < -0.39 is 0 Å². The summed E-state index contributed by atoms with van der Waals surface area (Å²) in [5.41, 5.74) is 0.719. The van der Waals surface area contributed by atoms with Crippen LogP contribution in [-0.4, -0.2) is 36.6 Å². The Morgan fingerprint density at radius 2 is 2.25 bits per heavy atom. The number of benzene rings is 1. The first-order valence-corrected chi connectivity index (χ1v) is 6.13. The molecule has 0 saturated carbocycles. The van der Waals surface area contributed by atoms with Gasteiger partial charge in [0, 0.05) is 17.6 Å². The van der Waals surface area contributed by atoms with E-state index in [1.165, 1.54) is 0 Å². The van der Waals surface area contributed by atoms with Crippen LogP contribution in [0.1, 0.15) is 17.3 Å². The van der Waals surface area contributed by atoms with Gasteiger partial charge in [-0.15, -0.1) is 0 Å². The molecule has 16 heavy (non-hydrogen) atoms. The van der Waals surface area contributed by atoms with E-state index in [1.807, 2.05) is 36.1 Å². The molecule has 1 aliphatic rings. The Hall–Kier alpha value is -0.870. The van der Waals surface area contributed by atoms with E-state index in [4.69, 9.17) is 4.74 Å². The van der Waals surface area contributed by atoms with Crippen LogP contribution >= 0.6 is 15.9 Å². The van der Waals surface area contributed by atoms with Gasteiger partial charge < -0.3 is 9.64 Å². The van der Waals surface area contributed by atoms with E-state index in [1.54, 1.807) is 0 Å². The molecule has 1 aromatic rings. The summed E-state index contributed by atoms with van der Waals surface area (Å²) in [6.45, 7) is 3.95. The smallest absolute Gasteiger partial charge is 0.255 e. The van der Waals surface area contributed by atoms with Crippen molar-refractivity contribution in [1.29, 1.82) is 0 Å². The molecule has 1 atom stereocenters. The van der Waals surface area contributed by atoms with Gasteiger partial charge in [0.2, 0.25) is 0 Å². The van der Waals surface area contributed by atoms with Gasteiger partial charge in [-0.1, -0.05) is 12.1 Å². The minimum Gasteiger partial charge on any atom is -0.375 e. The summed E-state index contributed by atoms with van der Waals surface area (Å²) in [5.74, 6) is 0.0719. The molecule has 1 saturated heterocycles. The van der Waals surface area contributed by atoms with Gasteiger partial charge in [-0.05, 0) is 35.0 Å². The van der Waals surface area contributed by atoms with Gasteiger partial charge in [-0.3, -0.25) is 4.79 Å². The maximum Gasteiger partial charge on any atom is 0.255 e. The van der Waals surface area contributed by atoms with Crippen molar-refractivity contribution in [2.45, 2.75) is 13.0 Å². The Bertz CT molecular complexity index is 394. The molecule has 0 bridgehead atoms. The number of hydrogen-bond acceptors (Lipinski definition) is 2. The highest BCUT2D eigenvalue weighted by Gasteiger charge is 2.23. The van der Waals surface area contributed by atoms with Crippen molar-refractivity contribution >= 4 is 21.8 Å². The van der Waals surface area contributed by atoms with Gasteiger partial charge in [-0.2, -0.15) is 0 Å². The van der Waals surface area contributed by atoms with E-state index >= 15 is 0 Å². The van der Waals surface area contributed by atoms with Gasteiger partial charge >= 0.3 is 0 Å². The van der Waals surface area contributed by atoms with Crippen LogP contribution in [0.25, 0.3) is 0 Å². The largest absolute Gasteiger partial charge is 0.375 e. The Kier molecular flexibility index (Phi) is 3.61. The van der Waals surface area contributed by atoms with E-state index in [-0.39, 0.29) is 12.0 Å². The lowest BCUT2D eigenvalue weighted by Gasteiger charge is -2.31. The van der Waals surface area contributed by atoms with Crippen LogP contribution in [0, 0.1) is 0 Å². The summed E-state index contributed by atoms with van der Waals surface area (Å²) in [7, 11) is 0. The molecular formula is C12H14BrNO2. The molecule has 2 rings (SSSR count).